The molecule has 1 aliphatic heterocycles. The van der Waals surface area contributed by atoms with E-state index in [1.165, 1.54) is 5.01 Å². The van der Waals surface area contributed by atoms with E-state index in [9.17, 15) is 4.79 Å². The number of rotatable bonds is 10. The van der Waals surface area contributed by atoms with Gasteiger partial charge in [-0.2, -0.15) is 15.2 Å². The maximum atomic E-state index is 14.3. The minimum Gasteiger partial charge on any atom is -0.497 e. The van der Waals surface area contributed by atoms with E-state index >= 15 is 0 Å². The van der Waals surface area contributed by atoms with Gasteiger partial charge < -0.3 is 20.1 Å². The van der Waals surface area contributed by atoms with Gasteiger partial charge in [0, 0.05) is 24.0 Å². The number of nitrogens with two attached hydrogens (primary N) is 1. The van der Waals surface area contributed by atoms with Gasteiger partial charge in [-0.15, -0.1) is 0 Å². The molecule has 0 saturated heterocycles. The molecule has 0 spiro atoms. The lowest BCUT2D eigenvalue weighted by molar-refractivity contribution is -0.120. The lowest BCUT2D eigenvalue weighted by Gasteiger charge is -2.26. The SMILES string of the molecule is COc1ccc(C(C/C(=N/N)c2ccc(OC)cc2OC)C2C(=O)N(c3ccccc3)N=C2c2ccccc2)cc1. The van der Waals surface area contributed by atoms with Crippen LogP contribution in [0.3, 0.4) is 0 Å². The second kappa shape index (κ2) is 12.4. The quantitative estimate of drug-likeness (QED) is 0.158. The van der Waals surface area contributed by atoms with Crippen LogP contribution in [0.2, 0.25) is 0 Å². The lowest BCUT2D eigenvalue weighted by atomic mass is 9.77. The molecule has 1 aliphatic rings. The average molecular weight is 549 g/mol. The molecular weight excluding hydrogens is 516 g/mol. The van der Waals surface area contributed by atoms with Crippen molar-refractivity contribution >= 4 is 23.0 Å². The number of methoxy groups -OCH3 is 3. The first-order valence-electron chi connectivity index (χ1n) is 13.2. The Kier molecular flexibility index (Phi) is 8.29. The molecule has 0 fully saturated rings. The highest BCUT2D eigenvalue weighted by atomic mass is 16.5. The van der Waals surface area contributed by atoms with E-state index in [-0.39, 0.29) is 11.8 Å². The summed E-state index contributed by atoms with van der Waals surface area (Å²) in [5.41, 5.74) is 4.48. The van der Waals surface area contributed by atoms with Crippen LogP contribution >= 0.6 is 0 Å². The highest BCUT2D eigenvalue weighted by molar-refractivity contribution is 6.22. The van der Waals surface area contributed by atoms with Gasteiger partial charge in [-0.1, -0.05) is 60.7 Å². The number of hydrazone groups is 2. The number of nitrogens with zero attached hydrogens (tertiary/aromatic N) is 3. The number of ether oxygens (including phenoxy) is 3. The lowest BCUT2D eigenvalue weighted by Crippen LogP contribution is -2.33. The minimum absolute atomic E-state index is 0.131. The molecule has 208 valence electrons. The largest absolute Gasteiger partial charge is 0.497 e. The van der Waals surface area contributed by atoms with Crippen LogP contribution in [0.15, 0.2) is 113 Å². The van der Waals surface area contributed by atoms with Crippen LogP contribution in [0.4, 0.5) is 5.69 Å². The number of carbonyl (C=O) groups excluding carboxylic acids is 1. The van der Waals surface area contributed by atoms with Crippen molar-refractivity contribution in [2.24, 2.45) is 22.0 Å². The Morgan fingerprint density at radius 3 is 2.10 bits per heavy atom. The molecule has 5 rings (SSSR count). The van der Waals surface area contributed by atoms with Crippen molar-refractivity contribution in [2.45, 2.75) is 12.3 Å². The van der Waals surface area contributed by atoms with Crippen molar-refractivity contribution in [3.63, 3.8) is 0 Å². The molecule has 1 amide bonds. The predicted molar refractivity (Wildman–Crippen MR) is 161 cm³/mol. The number of hydrogen-bond donors (Lipinski definition) is 1. The maximum absolute atomic E-state index is 14.3. The number of hydrogen-bond acceptors (Lipinski definition) is 7. The fourth-order valence-corrected chi connectivity index (χ4v) is 5.19. The second-order valence-electron chi connectivity index (χ2n) is 9.54. The number of benzene rings is 4. The van der Waals surface area contributed by atoms with E-state index in [4.69, 9.17) is 25.2 Å². The van der Waals surface area contributed by atoms with Gasteiger partial charge in [-0.3, -0.25) is 4.79 Å². The molecular formula is C33H32N4O4. The van der Waals surface area contributed by atoms with Crippen molar-refractivity contribution in [3.05, 3.63) is 120 Å². The molecule has 0 aliphatic carbocycles. The molecule has 0 radical (unpaired) electrons. The average Bonchev–Trinajstić information content (AvgIpc) is 3.39. The fraction of sp³-hybridized carbons (Fsp3) is 0.182. The number of para-hydroxylation sites is 1. The number of carbonyl (C=O) groups is 1. The normalized spacial score (nSPS) is 15.8. The Labute approximate surface area is 239 Å². The van der Waals surface area contributed by atoms with Crippen LogP contribution in [0.5, 0.6) is 17.2 Å². The monoisotopic (exact) mass is 548 g/mol. The van der Waals surface area contributed by atoms with Gasteiger partial charge in [0.25, 0.3) is 5.91 Å². The van der Waals surface area contributed by atoms with E-state index in [0.717, 1.165) is 22.4 Å². The fourth-order valence-electron chi connectivity index (χ4n) is 5.19. The summed E-state index contributed by atoms with van der Waals surface area (Å²) in [6.45, 7) is 0. The van der Waals surface area contributed by atoms with Crippen molar-refractivity contribution in [3.8, 4) is 17.2 Å². The van der Waals surface area contributed by atoms with Crippen molar-refractivity contribution < 1.29 is 19.0 Å². The molecule has 2 unspecified atom stereocenters. The first-order chi connectivity index (χ1) is 20.1. The Bertz CT molecular complexity index is 1550. The van der Waals surface area contributed by atoms with E-state index < -0.39 is 5.92 Å². The third-order valence-corrected chi connectivity index (χ3v) is 7.28. The van der Waals surface area contributed by atoms with Crippen LogP contribution in [0, 0.1) is 5.92 Å². The summed E-state index contributed by atoms with van der Waals surface area (Å²) in [5.74, 6) is 6.85. The molecule has 2 N–H and O–H groups in total. The van der Waals surface area contributed by atoms with Crippen LogP contribution in [0.1, 0.15) is 29.0 Å². The zero-order valence-corrected chi connectivity index (χ0v) is 23.2. The zero-order chi connectivity index (χ0) is 28.8. The molecule has 2 atom stereocenters. The summed E-state index contributed by atoms with van der Waals surface area (Å²) in [6, 6.07) is 32.5. The van der Waals surface area contributed by atoms with Crippen molar-refractivity contribution in [1.82, 2.24) is 0 Å². The van der Waals surface area contributed by atoms with E-state index in [1.54, 1.807) is 27.4 Å². The van der Waals surface area contributed by atoms with E-state index in [1.807, 2.05) is 97.1 Å². The number of anilines is 1. The van der Waals surface area contributed by atoms with E-state index in [2.05, 4.69) is 5.10 Å². The van der Waals surface area contributed by atoms with E-state index in [0.29, 0.717) is 35.0 Å². The molecule has 0 bridgehead atoms. The van der Waals surface area contributed by atoms with Gasteiger partial charge in [0.2, 0.25) is 0 Å². The third-order valence-electron chi connectivity index (χ3n) is 7.28. The summed E-state index contributed by atoms with van der Waals surface area (Å²) < 4.78 is 16.5. The topological polar surface area (TPSA) is 98.7 Å². The summed E-state index contributed by atoms with van der Waals surface area (Å²) in [4.78, 5) is 14.3. The standard InChI is InChI=1S/C33H32N4O4/c1-39-25-16-14-22(15-17-25)28(21-29(35-34)27-19-18-26(40-2)20-30(27)41-3)31-32(23-10-6-4-7-11-23)36-37(33(31)38)24-12-8-5-9-13-24/h4-20,28,31H,21,34H2,1-3H3/b35-29-. The number of amides is 1. The van der Waals surface area contributed by atoms with Crippen molar-refractivity contribution in [1.29, 1.82) is 0 Å². The van der Waals surface area contributed by atoms with Gasteiger partial charge in [-0.05, 0) is 47.5 Å². The predicted octanol–water partition coefficient (Wildman–Crippen LogP) is 5.62. The summed E-state index contributed by atoms with van der Waals surface area (Å²) in [5, 5.41) is 10.6. The Balaban J connectivity index is 1.63. The van der Waals surface area contributed by atoms with Gasteiger partial charge in [0.1, 0.15) is 17.2 Å². The highest BCUT2D eigenvalue weighted by Gasteiger charge is 2.43. The minimum atomic E-state index is -0.619. The van der Waals surface area contributed by atoms with Crippen LogP contribution in [0.25, 0.3) is 0 Å². The summed E-state index contributed by atoms with van der Waals surface area (Å²) >= 11 is 0. The Morgan fingerprint density at radius 2 is 1.49 bits per heavy atom. The molecule has 1 heterocycles. The molecule has 0 aromatic heterocycles. The Morgan fingerprint density at radius 1 is 0.854 bits per heavy atom. The second-order valence-corrected chi connectivity index (χ2v) is 9.54. The van der Waals surface area contributed by atoms with Crippen LogP contribution < -0.4 is 25.1 Å². The molecule has 4 aromatic rings. The van der Waals surface area contributed by atoms with Gasteiger partial charge in [-0.25, -0.2) is 0 Å². The third kappa shape index (κ3) is 5.63. The molecule has 4 aromatic carbocycles. The smallest absolute Gasteiger partial charge is 0.257 e. The van der Waals surface area contributed by atoms with Crippen LogP contribution in [-0.2, 0) is 4.79 Å². The maximum Gasteiger partial charge on any atom is 0.257 e. The highest BCUT2D eigenvalue weighted by Crippen LogP contribution is 2.40. The zero-order valence-electron chi connectivity index (χ0n) is 23.2. The molecule has 0 saturated carbocycles. The molecule has 8 nitrogen and oxygen atoms in total. The first-order valence-corrected chi connectivity index (χ1v) is 13.2. The van der Waals surface area contributed by atoms with Gasteiger partial charge in [0.05, 0.1) is 44.4 Å². The first kappa shape index (κ1) is 27.5. The van der Waals surface area contributed by atoms with Gasteiger partial charge >= 0.3 is 0 Å². The summed E-state index contributed by atoms with van der Waals surface area (Å²) in [7, 11) is 4.81. The molecule has 41 heavy (non-hydrogen) atoms. The Hall–Kier alpha value is -5.11. The van der Waals surface area contributed by atoms with Crippen LogP contribution in [-0.4, -0.2) is 38.7 Å². The summed E-state index contributed by atoms with van der Waals surface area (Å²) in [6.07, 6.45) is 0.344. The molecule has 8 heteroatoms. The van der Waals surface area contributed by atoms with Gasteiger partial charge in [0.15, 0.2) is 0 Å². The van der Waals surface area contributed by atoms with Crippen molar-refractivity contribution in [2.75, 3.05) is 26.3 Å².